The van der Waals surface area contributed by atoms with Crippen LogP contribution in [0, 0.1) is 0 Å². The predicted octanol–water partition coefficient (Wildman–Crippen LogP) is 4.77. The molecule has 18 nitrogen and oxygen atoms in total. The Hall–Kier alpha value is -2.60. The Kier molecular flexibility index (Phi) is 21.3. The molecule has 0 unspecified atom stereocenters. The number of halogens is 4. The van der Waals surface area contributed by atoms with Gasteiger partial charge in [0.15, 0.2) is 56.0 Å². The van der Waals surface area contributed by atoms with E-state index in [0.29, 0.717) is 29.0 Å². The molecule has 4 fully saturated rings. The molecule has 2 saturated carbocycles. The molecule has 2 aliphatic heterocycles. The average Bonchev–Trinajstić information content (AvgIpc) is 3.91. The van der Waals surface area contributed by atoms with Gasteiger partial charge < -0.3 is 61.2 Å². The molecular formula is C32H50Cl3FN8O10S2. The van der Waals surface area contributed by atoms with Crippen LogP contribution in [-0.2, 0) is 28.4 Å². The van der Waals surface area contributed by atoms with Gasteiger partial charge in [-0.2, -0.15) is 0 Å². The normalized spacial score (nSPS) is 25.5. The first-order valence-corrected chi connectivity index (χ1v) is 20.1. The molecular weight excluding hydrogens is 846 g/mol. The van der Waals surface area contributed by atoms with Gasteiger partial charge in [0.25, 0.3) is 0 Å². The van der Waals surface area contributed by atoms with Gasteiger partial charge in [0.1, 0.15) is 23.6 Å². The maximum atomic E-state index is 11.5. The van der Waals surface area contributed by atoms with Crippen LogP contribution in [0.15, 0.2) is 10.3 Å². The summed E-state index contributed by atoms with van der Waals surface area (Å²) in [5, 5.41) is 22.5. The van der Waals surface area contributed by atoms with E-state index >= 15 is 0 Å². The van der Waals surface area contributed by atoms with Crippen molar-refractivity contribution >= 4 is 87.8 Å². The van der Waals surface area contributed by atoms with Crippen LogP contribution in [0.2, 0.25) is 15.5 Å². The predicted molar refractivity (Wildman–Crippen MR) is 212 cm³/mol. The first kappa shape index (κ1) is 47.8. The number of nitrogens with two attached hydrogens (primary N) is 3. The second-order valence-corrected chi connectivity index (χ2v) is 14.9. The van der Waals surface area contributed by atoms with Crippen molar-refractivity contribution in [1.29, 1.82) is 0 Å². The lowest BCUT2D eigenvalue weighted by Gasteiger charge is -2.19. The Morgan fingerprint density at radius 3 is 1.73 bits per heavy atom. The third-order valence-electron chi connectivity index (χ3n) is 7.87. The van der Waals surface area contributed by atoms with Gasteiger partial charge in [-0.15, -0.1) is 0 Å². The summed E-state index contributed by atoms with van der Waals surface area (Å²) >= 11 is 20.6. The van der Waals surface area contributed by atoms with Crippen LogP contribution in [0.5, 0.6) is 0 Å². The minimum Gasteiger partial charge on any atom is -0.425 e. The third kappa shape index (κ3) is 13.8. The molecule has 0 aromatic carbocycles. The van der Waals surface area contributed by atoms with E-state index in [-0.39, 0.29) is 85.0 Å². The summed E-state index contributed by atoms with van der Waals surface area (Å²) in [6.07, 6.45) is -0.845. The van der Waals surface area contributed by atoms with E-state index in [1.807, 2.05) is 0 Å². The first-order chi connectivity index (χ1) is 26.8. The topological polar surface area (TPSA) is 272 Å². The highest BCUT2D eigenvalue weighted by Gasteiger charge is 2.54. The number of nitrogens with zero attached hydrogens (tertiary/aromatic N) is 4. The second kappa shape index (κ2) is 25.0. The Morgan fingerprint density at radius 2 is 1.23 bits per heavy atom. The number of aliphatic hydroxyl groups is 2. The summed E-state index contributed by atoms with van der Waals surface area (Å²) in [5.74, 6) is 2.19. The summed E-state index contributed by atoms with van der Waals surface area (Å²) in [5.41, 5.74) is 17.7. The molecule has 4 heterocycles. The summed E-state index contributed by atoms with van der Waals surface area (Å²) in [4.78, 5) is 38.9. The third-order valence-corrected chi connectivity index (χ3v) is 10.8. The van der Waals surface area contributed by atoms with Gasteiger partial charge in [-0.25, -0.2) is 29.5 Å². The zero-order valence-electron chi connectivity index (χ0n) is 30.9. The molecule has 318 valence electrons. The molecule has 0 radical (unpaired) electrons. The molecule has 24 heteroatoms. The number of fused-ring (bicyclic) bond motifs is 2. The molecule has 2 aromatic rings. The smallest absolute Gasteiger partial charge is 0.425 e. The number of nitrogen functional groups attached to an aromatic ring is 2. The summed E-state index contributed by atoms with van der Waals surface area (Å²) in [6, 6.07) is -0.553. The zero-order chi connectivity index (χ0) is 41.4. The number of aliphatic hydroxyl groups excluding tert-OH is 2. The van der Waals surface area contributed by atoms with Crippen molar-refractivity contribution in [2.75, 3.05) is 61.9 Å². The minimum atomic E-state index is -1.00. The van der Waals surface area contributed by atoms with Gasteiger partial charge >= 0.3 is 12.3 Å². The molecule has 2 aromatic heterocycles. The molecule has 9 N–H and O–H groups in total. The highest BCUT2D eigenvalue weighted by molar-refractivity contribution is 7.99. The van der Waals surface area contributed by atoms with Gasteiger partial charge in [0.05, 0.1) is 41.0 Å². The van der Waals surface area contributed by atoms with Crippen molar-refractivity contribution in [3.05, 3.63) is 15.5 Å². The van der Waals surface area contributed by atoms with Gasteiger partial charge in [0.2, 0.25) is 0 Å². The molecule has 8 atom stereocenters. The van der Waals surface area contributed by atoms with E-state index in [4.69, 9.17) is 92.0 Å². The molecule has 2 saturated heterocycles. The number of anilines is 3. The van der Waals surface area contributed by atoms with Crippen LogP contribution >= 0.6 is 58.3 Å². The Labute approximate surface area is 349 Å². The fourth-order valence-corrected chi connectivity index (χ4v) is 7.64. The molecule has 0 amide bonds. The SMILES string of the molecule is C.CCCSc1nc(Cl)c(N)c(Cl)n1.CCCSc1nc(Cl)c(N)c(N[C@@H]2C[C@H](OCCO)[C@H]3OC(=O)O[C@H]32)n1.N[C@@H]1C[C@H](OCCO)[C@H]2OC(=O)O[C@H]21.[2H]CF. The summed E-state index contributed by atoms with van der Waals surface area (Å²) in [7, 11) is -1.00. The molecule has 6 rings (SSSR count). The molecule has 56 heavy (non-hydrogen) atoms. The monoisotopic (exact) mass is 895 g/mol. The highest BCUT2D eigenvalue weighted by atomic mass is 35.5. The number of hydrogen-bond donors (Lipinski definition) is 6. The lowest BCUT2D eigenvalue weighted by Crippen LogP contribution is -2.34. The van der Waals surface area contributed by atoms with Crippen molar-refractivity contribution in [3.63, 3.8) is 0 Å². The van der Waals surface area contributed by atoms with Crippen LogP contribution in [0.3, 0.4) is 0 Å². The maximum absolute atomic E-state index is 11.5. The Bertz CT molecular complexity index is 1550. The number of aromatic nitrogens is 4. The average molecular weight is 897 g/mol. The number of carbonyl (C=O) groups excluding carboxylic acids is 2. The fourth-order valence-electron chi connectivity index (χ4n) is 5.54. The quantitative estimate of drug-likeness (QED) is 0.0645. The number of rotatable bonds is 14. The molecule has 2 aliphatic carbocycles. The maximum Gasteiger partial charge on any atom is 0.509 e. The Balaban J connectivity index is 0.000000306. The number of ether oxygens (including phenoxy) is 6. The van der Waals surface area contributed by atoms with Crippen molar-refractivity contribution < 1.29 is 54.0 Å². The van der Waals surface area contributed by atoms with Gasteiger partial charge in [-0.3, -0.25) is 4.39 Å². The first-order valence-electron chi connectivity index (χ1n) is 17.7. The largest absolute Gasteiger partial charge is 0.509 e. The second-order valence-electron chi connectivity index (χ2n) is 11.7. The van der Waals surface area contributed by atoms with Gasteiger partial charge in [-0.05, 0) is 19.3 Å². The minimum absolute atomic E-state index is 0. The van der Waals surface area contributed by atoms with Gasteiger partial charge in [-0.1, -0.05) is 79.6 Å². The van der Waals surface area contributed by atoms with Crippen molar-refractivity contribution in [3.8, 4) is 0 Å². The number of carbonyl (C=O) groups is 2. The number of hydrogen-bond acceptors (Lipinski definition) is 20. The summed E-state index contributed by atoms with van der Waals surface area (Å²) < 4.78 is 46.6. The lowest BCUT2D eigenvalue weighted by atomic mass is 10.2. The van der Waals surface area contributed by atoms with Crippen LogP contribution in [-0.4, -0.2) is 136 Å². The molecule has 0 bridgehead atoms. The van der Waals surface area contributed by atoms with Crippen LogP contribution < -0.4 is 22.5 Å². The standard InChI is InChI=1S/C15H21ClN4O5S.C8H13NO5.C7H9Cl2N3S.CH3F.CH4/c1-2-5-26-14-19-12(16)9(17)13(20-14)18-7-6-8(23-4-3-21)11-10(7)24-15(22)25-11;9-4-3-5(12-2-1-10)7-6(4)13-8(11)14-7;1-2-3-13-7-11-5(8)4(10)6(9)12-7;1-2;/h7-8,10-11,21H,2-6,17H2,1H3,(H,18,19,20);4-7,10H,1-3,9H2;2-3,10H2,1H3;1H3;1H4/t7-,8+,10+,11-;4-,5+,6+,7-;;;/m11.../s1/i;;;1D;. The summed E-state index contributed by atoms with van der Waals surface area (Å²) in [6.45, 7) is 4.33. The molecule has 4 aliphatic rings. The number of thioether (sulfide) groups is 2. The number of nitrogens with one attached hydrogen (secondary N) is 1. The fraction of sp³-hybridized carbons (Fsp3) is 0.688. The van der Waals surface area contributed by atoms with E-state index in [1.165, 1.54) is 23.5 Å². The van der Waals surface area contributed by atoms with E-state index < -0.39 is 43.9 Å². The van der Waals surface area contributed by atoms with Crippen molar-refractivity contribution in [2.45, 2.75) is 106 Å². The van der Waals surface area contributed by atoms with Crippen LogP contribution in [0.25, 0.3) is 0 Å². The lowest BCUT2D eigenvalue weighted by molar-refractivity contribution is -0.0273. The van der Waals surface area contributed by atoms with Crippen molar-refractivity contribution in [2.24, 2.45) is 5.73 Å². The van der Waals surface area contributed by atoms with Crippen LogP contribution in [0.1, 0.15) is 48.3 Å². The van der Waals surface area contributed by atoms with Crippen LogP contribution in [0.4, 0.5) is 31.2 Å². The Morgan fingerprint density at radius 1 is 0.804 bits per heavy atom. The van der Waals surface area contributed by atoms with Gasteiger partial charge in [0, 0.05) is 24.0 Å². The van der Waals surface area contributed by atoms with E-state index in [2.05, 4.69) is 39.1 Å². The van der Waals surface area contributed by atoms with Crippen molar-refractivity contribution in [1.82, 2.24) is 19.9 Å². The van der Waals surface area contributed by atoms with E-state index in [0.717, 1.165) is 24.3 Å². The van der Waals surface area contributed by atoms with E-state index in [9.17, 15) is 14.0 Å². The zero-order valence-corrected chi connectivity index (χ0v) is 33.8. The number of alkyl halides is 1. The highest BCUT2D eigenvalue weighted by Crippen LogP contribution is 2.37. The van der Waals surface area contributed by atoms with E-state index in [1.54, 1.807) is 0 Å². The molecule has 0 spiro atoms.